The van der Waals surface area contributed by atoms with Gasteiger partial charge in [-0.15, -0.1) is 11.3 Å². The third kappa shape index (κ3) is 2.39. The summed E-state index contributed by atoms with van der Waals surface area (Å²) >= 11 is 1.71. The molecule has 6 nitrogen and oxygen atoms in total. The Hall–Kier alpha value is -2.28. The predicted molar refractivity (Wildman–Crippen MR) is 93.2 cm³/mol. The lowest BCUT2D eigenvalue weighted by atomic mass is 9.96. The maximum absolute atomic E-state index is 13.0. The van der Waals surface area contributed by atoms with Gasteiger partial charge in [-0.2, -0.15) is 5.10 Å². The highest BCUT2D eigenvalue weighted by Crippen LogP contribution is 2.37. The summed E-state index contributed by atoms with van der Waals surface area (Å²) in [4.78, 5) is 25.0. The topological polar surface area (TPSA) is 74.8 Å². The van der Waals surface area contributed by atoms with Crippen molar-refractivity contribution in [2.75, 3.05) is 7.05 Å². The summed E-state index contributed by atoms with van der Waals surface area (Å²) in [6.45, 7) is 3.96. The number of carbonyl (C=O) groups excluding carboxylic acids is 1. The van der Waals surface area contributed by atoms with Gasteiger partial charge in [-0.1, -0.05) is 0 Å². The Balaban J connectivity index is 1.67. The van der Waals surface area contributed by atoms with Crippen LogP contribution in [0.3, 0.4) is 0 Å². The number of aryl methyl sites for hydroxylation is 3. The molecule has 0 spiro atoms. The first-order chi connectivity index (χ1) is 11.5. The van der Waals surface area contributed by atoms with Crippen molar-refractivity contribution in [1.29, 1.82) is 0 Å². The molecule has 0 fully saturated rings. The summed E-state index contributed by atoms with van der Waals surface area (Å²) in [5, 5.41) is 8.99. The SMILES string of the molecule is Cc1nc2c(s1)[C@@H](N(C)C(=O)c1cnc3n[nH]c(C)c3c1)CCC2. The van der Waals surface area contributed by atoms with Crippen molar-refractivity contribution in [2.24, 2.45) is 0 Å². The molecule has 0 unspecified atom stereocenters. The smallest absolute Gasteiger partial charge is 0.255 e. The fourth-order valence-electron chi connectivity index (χ4n) is 3.37. The van der Waals surface area contributed by atoms with E-state index in [4.69, 9.17) is 0 Å². The normalized spacial score (nSPS) is 17.0. The van der Waals surface area contributed by atoms with E-state index in [1.807, 2.05) is 31.9 Å². The molecule has 3 heterocycles. The predicted octanol–water partition coefficient (Wildman–Crippen LogP) is 3.18. The van der Waals surface area contributed by atoms with Crippen LogP contribution in [0.15, 0.2) is 12.3 Å². The number of hydrogen-bond acceptors (Lipinski definition) is 5. The summed E-state index contributed by atoms with van der Waals surface area (Å²) in [6, 6.07) is 1.98. The fourth-order valence-corrected chi connectivity index (χ4v) is 4.52. The van der Waals surface area contributed by atoms with Gasteiger partial charge >= 0.3 is 0 Å². The summed E-state index contributed by atoms with van der Waals surface area (Å²) in [6.07, 6.45) is 4.68. The van der Waals surface area contributed by atoms with Crippen LogP contribution in [0.5, 0.6) is 0 Å². The lowest BCUT2D eigenvalue weighted by Crippen LogP contribution is -2.32. The third-order valence-electron chi connectivity index (χ3n) is 4.66. The summed E-state index contributed by atoms with van der Waals surface area (Å²) in [5.74, 6) is -0.00565. The molecule has 3 aromatic rings. The zero-order chi connectivity index (χ0) is 16.8. The van der Waals surface area contributed by atoms with Gasteiger partial charge in [-0.25, -0.2) is 9.97 Å². The second kappa shape index (κ2) is 5.66. The van der Waals surface area contributed by atoms with E-state index < -0.39 is 0 Å². The van der Waals surface area contributed by atoms with Crippen LogP contribution >= 0.6 is 11.3 Å². The Labute approximate surface area is 143 Å². The van der Waals surface area contributed by atoms with Crippen LogP contribution in [0.2, 0.25) is 0 Å². The van der Waals surface area contributed by atoms with Crippen molar-refractivity contribution in [3.63, 3.8) is 0 Å². The van der Waals surface area contributed by atoms with Crippen molar-refractivity contribution in [3.8, 4) is 0 Å². The second-order valence-electron chi connectivity index (χ2n) is 6.31. The van der Waals surface area contributed by atoms with Crippen LogP contribution < -0.4 is 0 Å². The second-order valence-corrected chi connectivity index (χ2v) is 7.55. The first-order valence-corrected chi connectivity index (χ1v) is 8.90. The van der Waals surface area contributed by atoms with Gasteiger partial charge in [0, 0.05) is 24.3 Å². The van der Waals surface area contributed by atoms with Crippen LogP contribution in [0, 0.1) is 13.8 Å². The van der Waals surface area contributed by atoms with Crippen LogP contribution in [-0.2, 0) is 6.42 Å². The quantitative estimate of drug-likeness (QED) is 0.777. The number of aromatic amines is 1. The number of aromatic nitrogens is 4. The zero-order valence-electron chi connectivity index (χ0n) is 14.0. The maximum atomic E-state index is 13.0. The first kappa shape index (κ1) is 15.3. The molecule has 4 rings (SSSR count). The molecule has 1 aliphatic carbocycles. The third-order valence-corrected chi connectivity index (χ3v) is 5.78. The monoisotopic (exact) mass is 341 g/mol. The minimum atomic E-state index is -0.00565. The van der Waals surface area contributed by atoms with Gasteiger partial charge in [0.15, 0.2) is 5.65 Å². The molecule has 0 aromatic carbocycles. The molecule has 24 heavy (non-hydrogen) atoms. The van der Waals surface area contributed by atoms with Crippen molar-refractivity contribution in [2.45, 2.75) is 39.2 Å². The fraction of sp³-hybridized carbons (Fsp3) is 0.412. The lowest BCUT2D eigenvalue weighted by Gasteiger charge is -2.30. The average molecular weight is 341 g/mol. The van der Waals surface area contributed by atoms with Gasteiger partial charge in [-0.3, -0.25) is 9.89 Å². The van der Waals surface area contributed by atoms with Crippen LogP contribution in [0.4, 0.5) is 0 Å². The van der Waals surface area contributed by atoms with E-state index in [1.165, 1.54) is 4.88 Å². The number of rotatable bonds is 2. The average Bonchev–Trinajstić information content (AvgIpc) is 3.15. The number of nitrogens with one attached hydrogen (secondary N) is 1. The van der Waals surface area contributed by atoms with Crippen molar-refractivity contribution in [3.05, 3.63) is 39.1 Å². The molecule has 0 radical (unpaired) electrons. The molecular formula is C17H19N5OS. The van der Waals surface area contributed by atoms with Crippen molar-refractivity contribution < 1.29 is 4.79 Å². The summed E-state index contributed by atoms with van der Waals surface area (Å²) in [7, 11) is 1.88. The molecule has 124 valence electrons. The number of hydrogen-bond donors (Lipinski definition) is 1. The Morgan fingerprint density at radius 2 is 2.25 bits per heavy atom. The molecule has 0 bridgehead atoms. The molecular weight excluding hydrogens is 322 g/mol. The van der Waals surface area contributed by atoms with E-state index in [1.54, 1.807) is 17.5 Å². The van der Waals surface area contributed by atoms with Gasteiger partial charge in [0.05, 0.1) is 27.2 Å². The minimum absolute atomic E-state index is 0.00565. The largest absolute Gasteiger partial charge is 0.334 e. The van der Waals surface area contributed by atoms with Crippen LogP contribution in [-0.4, -0.2) is 38.0 Å². The molecule has 1 amide bonds. The number of thiazole rings is 1. The number of pyridine rings is 1. The molecule has 1 aliphatic rings. The molecule has 1 atom stereocenters. The molecule has 3 aromatic heterocycles. The molecule has 0 saturated carbocycles. The number of carbonyl (C=O) groups is 1. The Bertz CT molecular complexity index is 928. The maximum Gasteiger partial charge on any atom is 0.255 e. The van der Waals surface area contributed by atoms with E-state index in [-0.39, 0.29) is 11.9 Å². The number of H-pyrrole nitrogens is 1. The molecule has 1 N–H and O–H groups in total. The van der Waals surface area contributed by atoms with Crippen LogP contribution in [0.1, 0.15) is 50.5 Å². The first-order valence-electron chi connectivity index (χ1n) is 8.08. The van der Waals surface area contributed by atoms with E-state index >= 15 is 0 Å². The Morgan fingerprint density at radius 3 is 3.08 bits per heavy atom. The molecule has 0 aliphatic heterocycles. The van der Waals surface area contributed by atoms with E-state index in [2.05, 4.69) is 20.2 Å². The zero-order valence-corrected chi connectivity index (χ0v) is 14.8. The van der Waals surface area contributed by atoms with Crippen molar-refractivity contribution in [1.82, 2.24) is 25.1 Å². The summed E-state index contributed by atoms with van der Waals surface area (Å²) in [5.41, 5.74) is 3.33. The van der Waals surface area contributed by atoms with Gasteiger partial charge in [0.2, 0.25) is 0 Å². The van der Waals surface area contributed by atoms with Gasteiger partial charge in [0.25, 0.3) is 5.91 Å². The summed E-state index contributed by atoms with van der Waals surface area (Å²) < 4.78 is 0. The highest BCUT2D eigenvalue weighted by molar-refractivity contribution is 7.11. The minimum Gasteiger partial charge on any atom is -0.334 e. The van der Waals surface area contributed by atoms with Gasteiger partial charge in [-0.05, 0) is 39.2 Å². The Morgan fingerprint density at radius 1 is 1.42 bits per heavy atom. The van der Waals surface area contributed by atoms with Gasteiger partial charge < -0.3 is 4.90 Å². The van der Waals surface area contributed by atoms with Gasteiger partial charge in [0.1, 0.15) is 0 Å². The van der Waals surface area contributed by atoms with E-state index in [0.29, 0.717) is 11.2 Å². The lowest BCUT2D eigenvalue weighted by molar-refractivity contribution is 0.0717. The van der Waals surface area contributed by atoms with Crippen molar-refractivity contribution >= 4 is 28.3 Å². The van der Waals surface area contributed by atoms with Crippen LogP contribution in [0.25, 0.3) is 11.0 Å². The number of nitrogens with zero attached hydrogens (tertiary/aromatic N) is 4. The Kier molecular flexibility index (Phi) is 3.60. The highest BCUT2D eigenvalue weighted by Gasteiger charge is 2.30. The van der Waals surface area contributed by atoms with E-state index in [9.17, 15) is 4.79 Å². The molecule has 7 heteroatoms. The number of amides is 1. The standard InChI is InChI=1S/C17H19N5OS/c1-9-12-7-11(8-18-16(12)21-20-9)17(23)22(3)14-6-4-5-13-15(14)24-10(2)19-13/h7-8,14H,4-6H2,1-3H3,(H,18,20,21)/t14-/m0/s1. The number of fused-ring (bicyclic) bond motifs is 2. The van der Waals surface area contributed by atoms with E-state index in [0.717, 1.165) is 41.0 Å². The highest BCUT2D eigenvalue weighted by atomic mass is 32.1. The molecule has 0 saturated heterocycles.